The van der Waals surface area contributed by atoms with Gasteiger partial charge in [-0.1, -0.05) is 13.8 Å². The first-order valence-corrected chi connectivity index (χ1v) is 6.34. The third-order valence-electron chi connectivity index (χ3n) is 3.61. The van der Waals surface area contributed by atoms with Crippen LogP contribution in [0.2, 0.25) is 0 Å². The van der Waals surface area contributed by atoms with Gasteiger partial charge < -0.3 is 10.0 Å². The average molecular weight is 227 g/mol. The molecule has 0 radical (unpaired) electrons. The molecule has 0 aromatic rings. The summed E-state index contributed by atoms with van der Waals surface area (Å²) in [5.41, 5.74) is -0.397. The number of hydrogen-bond acceptors (Lipinski definition) is 2. The zero-order chi connectivity index (χ0) is 12.3. The minimum atomic E-state index is -0.397. The minimum Gasteiger partial charge on any atom is -0.391 e. The van der Waals surface area contributed by atoms with E-state index in [2.05, 4.69) is 13.8 Å². The van der Waals surface area contributed by atoms with E-state index in [1.807, 2.05) is 18.7 Å². The van der Waals surface area contributed by atoms with Crippen molar-refractivity contribution in [3.05, 3.63) is 0 Å². The zero-order valence-corrected chi connectivity index (χ0v) is 11.0. The fourth-order valence-electron chi connectivity index (χ4n) is 2.26. The molecule has 1 fully saturated rings. The van der Waals surface area contributed by atoms with Gasteiger partial charge in [0.25, 0.3) is 0 Å². The molecule has 0 aromatic heterocycles. The molecule has 94 valence electrons. The lowest BCUT2D eigenvalue weighted by molar-refractivity contribution is -0.145. The van der Waals surface area contributed by atoms with E-state index >= 15 is 0 Å². The SMILES string of the molecule is CC(C)CCC(=O)N1CCCC(O)C1(C)C. The van der Waals surface area contributed by atoms with Crippen LogP contribution < -0.4 is 0 Å². The van der Waals surface area contributed by atoms with Crippen LogP contribution in [0.4, 0.5) is 0 Å². The Morgan fingerprint density at radius 1 is 1.50 bits per heavy atom. The maximum absolute atomic E-state index is 12.1. The molecule has 0 aliphatic carbocycles. The van der Waals surface area contributed by atoms with Gasteiger partial charge in [0.2, 0.25) is 5.91 Å². The lowest BCUT2D eigenvalue weighted by atomic mass is 9.87. The summed E-state index contributed by atoms with van der Waals surface area (Å²) in [6.45, 7) is 8.97. The lowest BCUT2D eigenvalue weighted by Crippen LogP contribution is -2.58. The number of hydrogen-bond donors (Lipinski definition) is 1. The highest BCUT2D eigenvalue weighted by molar-refractivity contribution is 5.77. The summed E-state index contributed by atoms with van der Waals surface area (Å²) < 4.78 is 0. The topological polar surface area (TPSA) is 40.5 Å². The number of likely N-dealkylation sites (tertiary alicyclic amines) is 1. The quantitative estimate of drug-likeness (QED) is 0.803. The number of aliphatic hydroxyl groups is 1. The van der Waals surface area contributed by atoms with E-state index in [4.69, 9.17) is 0 Å². The average Bonchev–Trinajstić information content (AvgIpc) is 2.18. The van der Waals surface area contributed by atoms with E-state index in [1.54, 1.807) is 0 Å². The van der Waals surface area contributed by atoms with Crippen LogP contribution >= 0.6 is 0 Å². The molecule has 1 N–H and O–H groups in total. The third kappa shape index (κ3) is 2.97. The Kier molecular flexibility index (Phi) is 4.36. The van der Waals surface area contributed by atoms with Gasteiger partial charge in [-0.05, 0) is 39.0 Å². The zero-order valence-electron chi connectivity index (χ0n) is 11.0. The molecular formula is C13H25NO2. The molecule has 0 saturated carbocycles. The molecule has 1 unspecified atom stereocenters. The third-order valence-corrected chi connectivity index (χ3v) is 3.61. The highest BCUT2D eigenvalue weighted by Crippen LogP contribution is 2.28. The van der Waals surface area contributed by atoms with Gasteiger partial charge in [-0.15, -0.1) is 0 Å². The van der Waals surface area contributed by atoms with Crippen molar-refractivity contribution in [2.45, 2.75) is 65.0 Å². The number of piperidine rings is 1. The molecule has 0 spiro atoms. The van der Waals surface area contributed by atoms with Crippen molar-refractivity contribution in [1.29, 1.82) is 0 Å². The molecule has 1 aliphatic heterocycles. The van der Waals surface area contributed by atoms with Crippen molar-refractivity contribution < 1.29 is 9.90 Å². The highest BCUT2D eigenvalue weighted by Gasteiger charge is 2.39. The Labute approximate surface area is 98.8 Å². The van der Waals surface area contributed by atoms with E-state index in [0.29, 0.717) is 12.3 Å². The van der Waals surface area contributed by atoms with Crippen LogP contribution in [0.5, 0.6) is 0 Å². The summed E-state index contributed by atoms with van der Waals surface area (Å²) in [4.78, 5) is 13.9. The summed E-state index contributed by atoms with van der Waals surface area (Å²) in [5, 5.41) is 9.94. The van der Waals surface area contributed by atoms with Gasteiger partial charge in [-0.3, -0.25) is 4.79 Å². The first-order valence-electron chi connectivity index (χ1n) is 6.34. The second kappa shape index (κ2) is 5.17. The summed E-state index contributed by atoms with van der Waals surface area (Å²) in [6, 6.07) is 0. The second-order valence-electron chi connectivity index (χ2n) is 5.79. The number of amides is 1. The van der Waals surface area contributed by atoms with E-state index in [0.717, 1.165) is 25.8 Å². The Hall–Kier alpha value is -0.570. The Morgan fingerprint density at radius 3 is 2.69 bits per heavy atom. The van der Waals surface area contributed by atoms with Crippen LogP contribution in [0.3, 0.4) is 0 Å². The van der Waals surface area contributed by atoms with Gasteiger partial charge in [-0.2, -0.15) is 0 Å². The number of carbonyl (C=O) groups excluding carboxylic acids is 1. The molecule has 1 amide bonds. The van der Waals surface area contributed by atoms with Crippen LogP contribution in [0.1, 0.15) is 53.4 Å². The molecule has 1 aliphatic rings. The van der Waals surface area contributed by atoms with Crippen LogP contribution in [-0.4, -0.2) is 34.1 Å². The summed E-state index contributed by atoms with van der Waals surface area (Å²) in [7, 11) is 0. The molecule has 1 heterocycles. The van der Waals surface area contributed by atoms with Gasteiger partial charge >= 0.3 is 0 Å². The monoisotopic (exact) mass is 227 g/mol. The predicted molar refractivity (Wildman–Crippen MR) is 65.1 cm³/mol. The summed E-state index contributed by atoms with van der Waals surface area (Å²) >= 11 is 0. The second-order valence-corrected chi connectivity index (χ2v) is 5.79. The number of aliphatic hydroxyl groups excluding tert-OH is 1. The predicted octanol–water partition coefficient (Wildman–Crippen LogP) is 2.18. The molecule has 1 saturated heterocycles. The van der Waals surface area contributed by atoms with Crippen molar-refractivity contribution >= 4 is 5.91 Å². The molecule has 16 heavy (non-hydrogen) atoms. The summed E-state index contributed by atoms with van der Waals surface area (Å²) in [5.74, 6) is 0.749. The van der Waals surface area contributed by atoms with Crippen molar-refractivity contribution in [1.82, 2.24) is 4.90 Å². The number of carbonyl (C=O) groups is 1. The van der Waals surface area contributed by atoms with Crippen molar-refractivity contribution in [3.63, 3.8) is 0 Å². The van der Waals surface area contributed by atoms with Crippen LogP contribution in [0.15, 0.2) is 0 Å². The van der Waals surface area contributed by atoms with Gasteiger partial charge in [0.15, 0.2) is 0 Å². The maximum Gasteiger partial charge on any atom is 0.223 e. The standard InChI is InChI=1S/C13H25NO2/c1-10(2)7-8-12(16)14-9-5-6-11(15)13(14,3)4/h10-11,15H,5-9H2,1-4H3. The van der Waals surface area contributed by atoms with Crippen LogP contribution in [0, 0.1) is 5.92 Å². The fraction of sp³-hybridized carbons (Fsp3) is 0.923. The first kappa shape index (κ1) is 13.5. The van der Waals surface area contributed by atoms with E-state index in [-0.39, 0.29) is 12.0 Å². The number of nitrogens with zero attached hydrogens (tertiary/aromatic N) is 1. The lowest BCUT2D eigenvalue weighted by Gasteiger charge is -2.46. The smallest absolute Gasteiger partial charge is 0.223 e. The van der Waals surface area contributed by atoms with E-state index in [9.17, 15) is 9.90 Å². The van der Waals surface area contributed by atoms with E-state index in [1.165, 1.54) is 0 Å². The molecule has 1 rings (SSSR count). The summed E-state index contributed by atoms with van der Waals surface area (Å²) in [6.07, 6.45) is 2.87. The minimum absolute atomic E-state index is 0.192. The van der Waals surface area contributed by atoms with Crippen molar-refractivity contribution in [3.8, 4) is 0 Å². The molecular weight excluding hydrogens is 202 g/mol. The Bertz CT molecular complexity index is 248. The Balaban J connectivity index is 2.60. The van der Waals surface area contributed by atoms with Gasteiger partial charge in [0, 0.05) is 13.0 Å². The van der Waals surface area contributed by atoms with Gasteiger partial charge in [-0.25, -0.2) is 0 Å². The van der Waals surface area contributed by atoms with Crippen LogP contribution in [-0.2, 0) is 4.79 Å². The van der Waals surface area contributed by atoms with Gasteiger partial charge in [0.05, 0.1) is 11.6 Å². The highest BCUT2D eigenvalue weighted by atomic mass is 16.3. The van der Waals surface area contributed by atoms with Gasteiger partial charge in [0.1, 0.15) is 0 Å². The molecule has 0 aromatic carbocycles. The maximum atomic E-state index is 12.1. The molecule has 0 bridgehead atoms. The largest absolute Gasteiger partial charge is 0.391 e. The fourth-order valence-corrected chi connectivity index (χ4v) is 2.26. The Morgan fingerprint density at radius 2 is 2.12 bits per heavy atom. The molecule has 3 heteroatoms. The molecule has 1 atom stereocenters. The first-order chi connectivity index (χ1) is 7.35. The number of rotatable bonds is 3. The van der Waals surface area contributed by atoms with Crippen molar-refractivity contribution in [2.75, 3.05) is 6.54 Å². The normalized spacial score (nSPS) is 24.9. The van der Waals surface area contributed by atoms with E-state index < -0.39 is 5.54 Å². The van der Waals surface area contributed by atoms with Crippen molar-refractivity contribution in [2.24, 2.45) is 5.92 Å². The molecule has 3 nitrogen and oxygen atoms in total. The van der Waals surface area contributed by atoms with Crippen LogP contribution in [0.25, 0.3) is 0 Å².